The largest absolute Gasteiger partial charge is 0.355 e. The summed E-state index contributed by atoms with van der Waals surface area (Å²) in [6.45, 7) is 5.58. The summed E-state index contributed by atoms with van der Waals surface area (Å²) in [5.74, 6) is 0.271. The molecule has 0 aliphatic heterocycles. The maximum atomic E-state index is 12.5. The van der Waals surface area contributed by atoms with Gasteiger partial charge in [-0.2, -0.15) is 0 Å². The summed E-state index contributed by atoms with van der Waals surface area (Å²) in [6, 6.07) is 6.05. The summed E-state index contributed by atoms with van der Waals surface area (Å²) in [5, 5.41) is 6.05. The maximum absolute atomic E-state index is 12.5. The van der Waals surface area contributed by atoms with Crippen molar-refractivity contribution in [2.24, 2.45) is 11.8 Å². The zero-order valence-corrected chi connectivity index (χ0v) is 15.9. The van der Waals surface area contributed by atoms with Gasteiger partial charge in [-0.25, -0.2) is 0 Å². The molecule has 1 aromatic carbocycles. The van der Waals surface area contributed by atoms with E-state index in [2.05, 4.69) is 21.6 Å². The van der Waals surface area contributed by atoms with Crippen molar-refractivity contribution in [3.8, 4) is 0 Å². The van der Waals surface area contributed by atoms with Gasteiger partial charge in [-0.15, -0.1) is 0 Å². The lowest BCUT2D eigenvalue weighted by Crippen LogP contribution is -2.38. The lowest BCUT2D eigenvalue weighted by atomic mass is 9.81. The average Bonchev–Trinajstić information content (AvgIpc) is 2.57. The van der Waals surface area contributed by atoms with Crippen LogP contribution in [-0.4, -0.2) is 43.9 Å². The van der Waals surface area contributed by atoms with Crippen molar-refractivity contribution in [3.63, 3.8) is 0 Å². The number of carbonyl (C=O) groups excluding carboxylic acids is 2. The van der Waals surface area contributed by atoms with Gasteiger partial charge in [0.15, 0.2) is 0 Å². The van der Waals surface area contributed by atoms with Gasteiger partial charge in [0.1, 0.15) is 0 Å². The summed E-state index contributed by atoms with van der Waals surface area (Å²) in [4.78, 5) is 26.8. The van der Waals surface area contributed by atoms with Crippen molar-refractivity contribution < 1.29 is 9.59 Å². The third-order valence-corrected chi connectivity index (χ3v) is 4.97. The second-order valence-corrected chi connectivity index (χ2v) is 7.45. The third-order valence-electron chi connectivity index (χ3n) is 4.97. The highest BCUT2D eigenvalue weighted by Gasteiger charge is 2.29. The van der Waals surface area contributed by atoms with Crippen LogP contribution in [0.1, 0.15) is 36.8 Å². The Morgan fingerprint density at radius 2 is 1.64 bits per heavy atom. The van der Waals surface area contributed by atoms with Crippen molar-refractivity contribution in [3.05, 3.63) is 29.3 Å². The molecule has 0 unspecified atom stereocenters. The molecule has 1 aromatic rings. The molecule has 0 bridgehead atoms. The van der Waals surface area contributed by atoms with Gasteiger partial charge in [0.25, 0.3) is 0 Å². The lowest BCUT2D eigenvalue weighted by Gasteiger charge is -2.27. The molecule has 1 saturated carbocycles. The first-order chi connectivity index (χ1) is 11.9. The Labute approximate surface area is 151 Å². The Bertz CT molecular complexity index is 605. The lowest BCUT2D eigenvalue weighted by molar-refractivity contribution is -0.128. The first kappa shape index (κ1) is 19.4. The molecule has 2 rings (SSSR count). The zero-order valence-electron chi connectivity index (χ0n) is 15.9. The van der Waals surface area contributed by atoms with Gasteiger partial charge in [-0.3, -0.25) is 9.59 Å². The number of nitrogens with zero attached hydrogens (tertiary/aromatic N) is 1. The van der Waals surface area contributed by atoms with E-state index in [4.69, 9.17) is 0 Å². The highest BCUT2D eigenvalue weighted by atomic mass is 16.2. The van der Waals surface area contributed by atoms with E-state index >= 15 is 0 Å². The topological polar surface area (TPSA) is 61.4 Å². The fourth-order valence-electron chi connectivity index (χ4n) is 3.35. The number of benzene rings is 1. The Morgan fingerprint density at radius 1 is 1.04 bits per heavy atom. The molecule has 1 fully saturated rings. The van der Waals surface area contributed by atoms with Crippen LogP contribution in [0.2, 0.25) is 0 Å². The zero-order chi connectivity index (χ0) is 18.4. The number of nitrogens with one attached hydrogen (secondary N) is 2. The molecule has 1 aliphatic carbocycles. The van der Waals surface area contributed by atoms with Crippen LogP contribution in [0, 0.1) is 25.7 Å². The highest BCUT2D eigenvalue weighted by molar-refractivity contribution is 5.93. The first-order valence-electron chi connectivity index (χ1n) is 9.17. The number of rotatable bonds is 6. The standard InChI is InChI=1S/C20H31N3O2/c1-14-5-10-18(15(2)13-14)22-20(25)17-8-6-16(7-9-17)19(24)21-11-12-23(3)4/h5,10,13,16-17H,6-9,11-12H2,1-4H3,(H,21,24)(H,22,25). The first-order valence-corrected chi connectivity index (χ1v) is 9.17. The van der Waals surface area contributed by atoms with Gasteiger partial charge in [-0.1, -0.05) is 17.7 Å². The van der Waals surface area contributed by atoms with E-state index in [-0.39, 0.29) is 23.7 Å². The van der Waals surface area contributed by atoms with Gasteiger partial charge in [0, 0.05) is 30.6 Å². The van der Waals surface area contributed by atoms with Crippen molar-refractivity contribution in [1.29, 1.82) is 0 Å². The molecule has 138 valence electrons. The molecule has 5 nitrogen and oxygen atoms in total. The van der Waals surface area contributed by atoms with Crippen LogP contribution >= 0.6 is 0 Å². The van der Waals surface area contributed by atoms with E-state index in [0.717, 1.165) is 43.5 Å². The predicted molar refractivity (Wildman–Crippen MR) is 102 cm³/mol. The molecule has 5 heteroatoms. The minimum Gasteiger partial charge on any atom is -0.355 e. The van der Waals surface area contributed by atoms with Gasteiger partial charge >= 0.3 is 0 Å². The van der Waals surface area contributed by atoms with Gasteiger partial charge < -0.3 is 15.5 Å². The van der Waals surface area contributed by atoms with E-state index < -0.39 is 0 Å². The fourth-order valence-corrected chi connectivity index (χ4v) is 3.35. The average molecular weight is 345 g/mol. The Hall–Kier alpha value is -1.88. The minimum atomic E-state index is 0.00604. The molecule has 0 radical (unpaired) electrons. The fraction of sp³-hybridized carbons (Fsp3) is 0.600. The minimum absolute atomic E-state index is 0.00604. The smallest absolute Gasteiger partial charge is 0.227 e. The second kappa shape index (κ2) is 8.99. The molecule has 1 aliphatic rings. The summed E-state index contributed by atoms with van der Waals surface area (Å²) in [5.41, 5.74) is 3.16. The quantitative estimate of drug-likeness (QED) is 0.833. The Kier molecular flexibility index (Phi) is 7.00. The van der Waals surface area contributed by atoms with Crippen LogP contribution in [-0.2, 0) is 9.59 Å². The molecule has 0 heterocycles. The SMILES string of the molecule is Cc1ccc(NC(=O)C2CCC(C(=O)NCCN(C)C)CC2)c(C)c1. The third kappa shape index (κ3) is 5.85. The summed E-state index contributed by atoms with van der Waals surface area (Å²) >= 11 is 0. The van der Waals surface area contributed by atoms with Gasteiger partial charge in [-0.05, 0) is 65.3 Å². The molecule has 0 aromatic heterocycles. The number of aryl methyl sites for hydroxylation is 2. The highest BCUT2D eigenvalue weighted by Crippen LogP contribution is 2.30. The molecule has 2 amide bonds. The summed E-state index contributed by atoms with van der Waals surface area (Å²) in [7, 11) is 3.98. The van der Waals surface area contributed by atoms with Crippen LogP contribution in [0.15, 0.2) is 18.2 Å². The molecule has 2 N–H and O–H groups in total. The van der Waals surface area contributed by atoms with Crippen LogP contribution in [0.4, 0.5) is 5.69 Å². The maximum Gasteiger partial charge on any atom is 0.227 e. The number of hydrogen-bond donors (Lipinski definition) is 2. The van der Waals surface area contributed by atoms with Crippen molar-refractivity contribution in [2.45, 2.75) is 39.5 Å². The number of amides is 2. The second-order valence-electron chi connectivity index (χ2n) is 7.45. The van der Waals surface area contributed by atoms with Crippen molar-refractivity contribution >= 4 is 17.5 Å². The normalized spacial score (nSPS) is 20.4. The number of carbonyl (C=O) groups is 2. The molecular formula is C20H31N3O2. The van der Waals surface area contributed by atoms with Crippen LogP contribution in [0.5, 0.6) is 0 Å². The number of anilines is 1. The van der Waals surface area contributed by atoms with Crippen LogP contribution in [0.3, 0.4) is 0 Å². The van der Waals surface area contributed by atoms with E-state index in [1.165, 1.54) is 5.56 Å². The molecular weight excluding hydrogens is 314 g/mol. The number of likely N-dealkylation sites (N-methyl/N-ethyl adjacent to an activating group) is 1. The van der Waals surface area contributed by atoms with Crippen molar-refractivity contribution in [1.82, 2.24) is 10.2 Å². The van der Waals surface area contributed by atoms with Crippen LogP contribution in [0.25, 0.3) is 0 Å². The van der Waals surface area contributed by atoms with Crippen molar-refractivity contribution in [2.75, 3.05) is 32.5 Å². The summed E-state index contributed by atoms with van der Waals surface area (Å²) < 4.78 is 0. The van der Waals surface area contributed by atoms with Gasteiger partial charge in [0.05, 0.1) is 0 Å². The molecule has 0 saturated heterocycles. The summed E-state index contributed by atoms with van der Waals surface area (Å²) in [6.07, 6.45) is 3.14. The van der Waals surface area contributed by atoms with Crippen LogP contribution < -0.4 is 10.6 Å². The van der Waals surface area contributed by atoms with E-state index in [9.17, 15) is 9.59 Å². The molecule has 0 spiro atoms. The molecule has 25 heavy (non-hydrogen) atoms. The van der Waals surface area contributed by atoms with E-state index in [0.29, 0.717) is 6.54 Å². The van der Waals surface area contributed by atoms with E-state index in [1.54, 1.807) is 0 Å². The Morgan fingerprint density at radius 3 is 2.20 bits per heavy atom. The van der Waals surface area contributed by atoms with Gasteiger partial charge in [0.2, 0.25) is 11.8 Å². The molecule has 0 atom stereocenters. The van der Waals surface area contributed by atoms with E-state index in [1.807, 2.05) is 40.1 Å². The monoisotopic (exact) mass is 345 g/mol. The Balaban J connectivity index is 1.79. The predicted octanol–water partition coefficient (Wildman–Crippen LogP) is 2.73. The number of hydrogen-bond acceptors (Lipinski definition) is 3.